The minimum absolute atomic E-state index is 0.0860. The highest BCUT2D eigenvalue weighted by Crippen LogP contribution is 2.34. The molecule has 0 spiro atoms. The first-order valence-electron chi connectivity index (χ1n) is 13.8. The van der Waals surface area contributed by atoms with E-state index in [-0.39, 0.29) is 31.4 Å². The average molecular weight is 577 g/mol. The number of primary amides is 1. The number of hydrogen-bond acceptors (Lipinski definition) is 7. The number of amides is 3. The van der Waals surface area contributed by atoms with Crippen LogP contribution < -0.4 is 16.2 Å². The maximum atomic E-state index is 13.0. The zero-order valence-electron chi connectivity index (χ0n) is 22.8. The van der Waals surface area contributed by atoms with E-state index in [4.69, 9.17) is 22.7 Å². The molecule has 2 aromatic rings. The molecule has 0 aliphatic carbocycles. The second-order valence-corrected chi connectivity index (χ2v) is 11.1. The lowest BCUT2D eigenvalue weighted by atomic mass is 9.87. The van der Waals surface area contributed by atoms with Gasteiger partial charge in [0, 0.05) is 31.1 Å². The van der Waals surface area contributed by atoms with Crippen molar-refractivity contribution >= 4 is 41.2 Å². The molecule has 41 heavy (non-hydrogen) atoms. The van der Waals surface area contributed by atoms with Crippen LogP contribution in [0.5, 0.6) is 5.75 Å². The number of hydrogen-bond donors (Lipinski definition) is 2. The van der Waals surface area contributed by atoms with Gasteiger partial charge < -0.3 is 25.9 Å². The van der Waals surface area contributed by atoms with Crippen molar-refractivity contribution in [2.75, 3.05) is 19.8 Å². The van der Waals surface area contributed by atoms with Gasteiger partial charge in [-0.3, -0.25) is 24.2 Å². The summed E-state index contributed by atoms with van der Waals surface area (Å²) in [6.07, 6.45) is 6.24. The maximum absolute atomic E-state index is 13.0. The van der Waals surface area contributed by atoms with Crippen molar-refractivity contribution in [3.05, 3.63) is 76.5 Å². The summed E-state index contributed by atoms with van der Waals surface area (Å²) in [5.41, 5.74) is 13.4. The number of quaternary nitrogens is 1. The Labute approximate surface area is 243 Å². The zero-order valence-corrected chi connectivity index (χ0v) is 23.6. The van der Waals surface area contributed by atoms with Crippen LogP contribution in [0.15, 0.2) is 48.7 Å². The summed E-state index contributed by atoms with van der Waals surface area (Å²) in [5, 5.41) is 0. The first-order chi connectivity index (χ1) is 19.8. The number of thiocarbonyl (C=S) groups is 1. The molecule has 11 heteroatoms. The maximum Gasteiger partial charge on any atom is 0.265 e. The highest BCUT2D eigenvalue weighted by Gasteiger charge is 2.36. The predicted molar refractivity (Wildman–Crippen MR) is 155 cm³/mol. The van der Waals surface area contributed by atoms with Crippen molar-refractivity contribution in [3.8, 4) is 5.75 Å². The molecule has 1 unspecified atom stereocenters. The van der Waals surface area contributed by atoms with Crippen LogP contribution >= 0.6 is 12.2 Å². The Balaban J connectivity index is 1.20. The molecule has 0 aromatic heterocycles. The fourth-order valence-electron chi connectivity index (χ4n) is 5.89. The summed E-state index contributed by atoms with van der Waals surface area (Å²) in [6, 6.07) is 10.9. The number of carbonyl (C=O) groups is 4. The second-order valence-electron chi connectivity index (χ2n) is 10.6. The molecule has 214 valence electrons. The van der Waals surface area contributed by atoms with Crippen molar-refractivity contribution in [2.24, 2.45) is 5.73 Å². The van der Waals surface area contributed by atoms with E-state index < -0.39 is 11.9 Å². The van der Waals surface area contributed by atoms with Crippen LogP contribution in [0.25, 0.3) is 0 Å². The normalized spacial score (nSPS) is 18.3. The van der Waals surface area contributed by atoms with Gasteiger partial charge in [-0.1, -0.05) is 30.4 Å². The Bertz CT molecular complexity index is 1420. The first kappa shape index (κ1) is 28.6. The van der Waals surface area contributed by atoms with Gasteiger partial charge in [-0.25, -0.2) is 0 Å². The molecule has 0 radical (unpaired) electrons. The van der Waals surface area contributed by atoms with Crippen LogP contribution in [-0.4, -0.2) is 69.6 Å². The number of nitrogens with two attached hydrogens (primary N) is 1. The number of rotatable bonds is 9. The molecular formula is C30H34N5O5S+. The molecule has 5 N–H and O–H groups in total. The summed E-state index contributed by atoms with van der Waals surface area (Å²) in [4.78, 5) is 54.5. The largest absolute Gasteiger partial charge is 0.472 e. The SMILES string of the molecule is NC(=O)C(CCC=O)N1Cc2cc(C3CCN(Cc4ccc5c(c4)C(=O)N(C(=S)/C=C\[NH3+])CO5)CC3)ccc2C1=O. The molecular weight excluding hydrogens is 542 g/mol. The Kier molecular flexibility index (Phi) is 8.57. The minimum atomic E-state index is -0.789. The van der Waals surface area contributed by atoms with E-state index in [0.29, 0.717) is 34.3 Å². The molecule has 1 fully saturated rings. The number of likely N-dealkylation sites (tertiary alicyclic amines) is 1. The van der Waals surface area contributed by atoms with Crippen LogP contribution in [0.3, 0.4) is 0 Å². The molecule has 3 aliphatic rings. The van der Waals surface area contributed by atoms with Crippen LogP contribution in [-0.2, 0) is 22.7 Å². The van der Waals surface area contributed by atoms with Crippen molar-refractivity contribution < 1.29 is 29.6 Å². The van der Waals surface area contributed by atoms with Gasteiger partial charge in [0.05, 0.1) is 11.8 Å². The lowest BCUT2D eigenvalue weighted by molar-refractivity contribution is -0.274. The third-order valence-electron chi connectivity index (χ3n) is 8.08. The van der Waals surface area contributed by atoms with Gasteiger partial charge in [0.25, 0.3) is 11.8 Å². The van der Waals surface area contributed by atoms with E-state index in [2.05, 4.69) is 16.7 Å². The Morgan fingerprint density at radius 3 is 2.61 bits per heavy atom. The Hall–Kier alpha value is -3.93. The number of benzene rings is 2. The molecule has 3 amide bonds. The summed E-state index contributed by atoms with van der Waals surface area (Å²) >= 11 is 5.31. The first-order valence-corrected chi connectivity index (χ1v) is 14.2. The summed E-state index contributed by atoms with van der Waals surface area (Å²) in [7, 11) is 0. The average Bonchev–Trinajstić information content (AvgIpc) is 3.29. The van der Waals surface area contributed by atoms with Crippen molar-refractivity contribution in [1.82, 2.24) is 14.7 Å². The fraction of sp³-hybridized carbons (Fsp3) is 0.367. The fourth-order valence-corrected chi connectivity index (χ4v) is 6.12. The van der Waals surface area contributed by atoms with Crippen LogP contribution in [0.4, 0.5) is 0 Å². The number of piperidine rings is 1. The van der Waals surface area contributed by atoms with E-state index in [1.54, 1.807) is 12.3 Å². The quantitative estimate of drug-likeness (QED) is 0.263. The number of fused-ring (bicyclic) bond motifs is 2. The van der Waals surface area contributed by atoms with Gasteiger partial charge >= 0.3 is 0 Å². The van der Waals surface area contributed by atoms with Crippen LogP contribution in [0, 0.1) is 0 Å². The highest BCUT2D eigenvalue weighted by atomic mass is 32.1. The molecule has 3 heterocycles. The number of carbonyl (C=O) groups excluding carboxylic acids is 4. The summed E-state index contributed by atoms with van der Waals surface area (Å²) in [6.45, 7) is 2.92. The summed E-state index contributed by atoms with van der Waals surface area (Å²) in [5.74, 6) is -0.0572. The smallest absolute Gasteiger partial charge is 0.265 e. The third-order valence-corrected chi connectivity index (χ3v) is 8.44. The van der Waals surface area contributed by atoms with Crippen molar-refractivity contribution in [3.63, 3.8) is 0 Å². The molecule has 3 aliphatic heterocycles. The van der Waals surface area contributed by atoms with Gasteiger partial charge in [-0.05, 0) is 73.2 Å². The molecule has 1 saturated heterocycles. The van der Waals surface area contributed by atoms with E-state index in [9.17, 15) is 19.2 Å². The topological polar surface area (TPSA) is 141 Å². The summed E-state index contributed by atoms with van der Waals surface area (Å²) < 4.78 is 5.76. The number of nitrogens with zero attached hydrogens (tertiary/aromatic N) is 3. The molecule has 1 atom stereocenters. The zero-order chi connectivity index (χ0) is 29.1. The van der Waals surface area contributed by atoms with E-state index >= 15 is 0 Å². The number of ether oxygens (including phenoxy) is 1. The Morgan fingerprint density at radius 1 is 1.12 bits per heavy atom. The second kappa shape index (κ2) is 12.3. The third kappa shape index (κ3) is 5.92. The molecule has 5 rings (SSSR count). The lowest BCUT2D eigenvalue weighted by Gasteiger charge is -2.33. The standard InChI is InChI=1S/C30H33N5O5S/c31-10-7-27(41)35-18-40-26-6-3-19(14-24(26)30(35)39)16-33-11-8-20(9-12-33)21-4-5-23-22(15-21)17-34(29(23)38)25(28(32)37)2-1-13-36/h3-7,10,13-15,20,25H,1-2,8-9,11-12,16-18,31H2,(H2,32,37)/p+1/b10-7-. The molecule has 0 saturated carbocycles. The highest BCUT2D eigenvalue weighted by molar-refractivity contribution is 7.80. The van der Waals surface area contributed by atoms with Crippen molar-refractivity contribution in [1.29, 1.82) is 0 Å². The molecule has 0 bridgehead atoms. The van der Waals surface area contributed by atoms with Gasteiger partial charge in [-0.2, -0.15) is 0 Å². The minimum Gasteiger partial charge on any atom is -0.472 e. The van der Waals surface area contributed by atoms with E-state index in [0.717, 1.165) is 49.9 Å². The van der Waals surface area contributed by atoms with Crippen LogP contribution in [0.1, 0.15) is 69.0 Å². The van der Waals surface area contributed by atoms with E-state index in [1.807, 2.05) is 30.3 Å². The monoisotopic (exact) mass is 576 g/mol. The van der Waals surface area contributed by atoms with Gasteiger partial charge in [-0.15, -0.1) is 0 Å². The van der Waals surface area contributed by atoms with Crippen LogP contribution in [0.2, 0.25) is 0 Å². The molecule has 10 nitrogen and oxygen atoms in total. The Morgan fingerprint density at radius 2 is 1.90 bits per heavy atom. The number of aldehydes is 1. The van der Waals surface area contributed by atoms with Gasteiger partial charge in [0.1, 0.15) is 23.1 Å². The lowest BCUT2D eigenvalue weighted by Crippen LogP contribution is -2.44. The molecule has 2 aromatic carbocycles. The van der Waals surface area contributed by atoms with Gasteiger partial charge in [0.2, 0.25) is 5.91 Å². The van der Waals surface area contributed by atoms with Gasteiger partial charge in [0.15, 0.2) is 6.73 Å². The van der Waals surface area contributed by atoms with Crippen molar-refractivity contribution in [2.45, 2.75) is 50.7 Å². The van der Waals surface area contributed by atoms with E-state index in [1.165, 1.54) is 15.4 Å². The predicted octanol–water partition coefficient (Wildman–Crippen LogP) is 1.73.